The number of rotatable bonds is 4. The summed E-state index contributed by atoms with van der Waals surface area (Å²) in [6, 6.07) is 2.35. The van der Waals surface area contributed by atoms with E-state index >= 15 is 0 Å². The van der Waals surface area contributed by atoms with Crippen LogP contribution >= 0.6 is 0 Å². The van der Waals surface area contributed by atoms with Crippen LogP contribution in [-0.2, 0) is 11.3 Å². The van der Waals surface area contributed by atoms with Crippen molar-refractivity contribution in [2.75, 3.05) is 13.2 Å². The first kappa shape index (κ1) is 11.5. The highest BCUT2D eigenvalue weighted by molar-refractivity contribution is 4.88. The summed E-state index contributed by atoms with van der Waals surface area (Å²) in [5.41, 5.74) is 0. The van der Waals surface area contributed by atoms with E-state index < -0.39 is 0 Å². The molecule has 1 aliphatic heterocycles. The highest BCUT2D eigenvalue weighted by Crippen LogP contribution is 2.18. The molecule has 4 heteroatoms. The molecule has 1 saturated heterocycles. The van der Waals surface area contributed by atoms with E-state index in [9.17, 15) is 0 Å². The van der Waals surface area contributed by atoms with Crippen LogP contribution in [0, 0.1) is 5.92 Å². The Balaban J connectivity index is 1.76. The van der Waals surface area contributed by atoms with E-state index in [1.165, 1.54) is 0 Å². The van der Waals surface area contributed by atoms with Crippen LogP contribution in [0.2, 0.25) is 0 Å². The average Bonchev–Trinajstić information content (AvgIpc) is 2.38. The van der Waals surface area contributed by atoms with Crippen molar-refractivity contribution in [3.05, 3.63) is 24.3 Å². The lowest BCUT2D eigenvalue weighted by Gasteiger charge is -2.28. The quantitative estimate of drug-likeness (QED) is 0.834. The SMILES string of the molecule is CC(NCc1ncccn1)C1CCOCC1. The van der Waals surface area contributed by atoms with Gasteiger partial charge in [-0.1, -0.05) is 0 Å². The van der Waals surface area contributed by atoms with Crippen LogP contribution in [0.1, 0.15) is 25.6 Å². The zero-order chi connectivity index (χ0) is 11.2. The van der Waals surface area contributed by atoms with Crippen LogP contribution in [0.3, 0.4) is 0 Å². The van der Waals surface area contributed by atoms with Crippen molar-refractivity contribution >= 4 is 0 Å². The zero-order valence-electron chi connectivity index (χ0n) is 9.72. The summed E-state index contributed by atoms with van der Waals surface area (Å²) in [4.78, 5) is 8.40. The van der Waals surface area contributed by atoms with E-state index in [4.69, 9.17) is 4.74 Å². The van der Waals surface area contributed by atoms with Crippen molar-refractivity contribution < 1.29 is 4.74 Å². The second-order valence-corrected chi connectivity index (χ2v) is 4.28. The fourth-order valence-corrected chi connectivity index (χ4v) is 2.06. The Kier molecular flexibility index (Phi) is 4.25. The second-order valence-electron chi connectivity index (χ2n) is 4.28. The third-order valence-electron chi connectivity index (χ3n) is 3.17. The number of nitrogens with zero attached hydrogens (tertiary/aromatic N) is 2. The molecule has 1 aromatic rings. The maximum atomic E-state index is 5.36. The van der Waals surface area contributed by atoms with Crippen LogP contribution in [0.25, 0.3) is 0 Å². The Bertz CT molecular complexity index is 298. The summed E-state index contributed by atoms with van der Waals surface area (Å²) in [6.07, 6.45) is 5.87. The summed E-state index contributed by atoms with van der Waals surface area (Å²) < 4.78 is 5.36. The predicted octanol–water partition coefficient (Wildman–Crippen LogP) is 1.38. The van der Waals surface area contributed by atoms with E-state index in [2.05, 4.69) is 22.2 Å². The fraction of sp³-hybridized carbons (Fsp3) is 0.667. The first-order valence-corrected chi connectivity index (χ1v) is 5.93. The molecule has 16 heavy (non-hydrogen) atoms. The van der Waals surface area contributed by atoms with Crippen LogP contribution in [0.5, 0.6) is 0 Å². The Morgan fingerprint density at radius 2 is 2.06 bits per heavy atom. The molecule has 2 heterocycles. The summed E-state index contributed by atoms with van der Waals surface area (Å²) in [6.45, 7) is 4.79. The molecule has 0 spiro atoms. The molecular formula is C12H19N3O. The van der Waals surface area contributed by atoms with Crippen molar-refractivity contribution in [2.24, 2.45) is 5.92 Å². The standard InChI is InChI=1S/C12H19N3O/c1-10(11-3-7-16-8-4-11)15-9-12-13-5-2-6-14-12/h2,5-6,10-11,15H,3-4,7-9H2,1H3. The van der Waals surface area contributed by atoms with Crippen LogP contribution < -0.4 is 5.32 Å². The largest absolute Gasteiger partial charge is 0.381 e. The molecule has 1 atom stereocenters. The first-order chi connectivity index (χ1) is 7.86. The summed E-state index contributed by atoms with van der Waals surface area (Å²) in [5, 5.41) is 3.49. The second kappa shape index (κ2) is 5.92. The summed E-state index contributed by atoms with van der Waals surface area (Å²) in [5.74, 6) is 1.58. The molecule has 1 unspecified atom stereocenters. The molecule has 1 N–H and O–H groups in total. The van der Waals surface area contributed by atoms with Crippen molar-refractivity contribution in [2.45, 2.75) is 32.4 Å². The van der Waals surface area contributed by atoms with Crippen LogP contribution in [0.15, 0.2) is 18.5 Å². The Morgan fingerprint density at radius 1 is 1.38 bits per heavy atom. The minimum Gasteiger partial charge on any atom is -0.381 e. The molecule has 88 valence electrons. The molecule has 0 radical (unpaired) electrons. The smallest absolute Gasteiger partial charge is 0.141 e. The van der Waals surface area contributed by atoms with E-state index in [-0.39, 0.29) is 0 Å². The van der Waals surface area contributed by atoms with Gasteiger partial charge in [-0.2, -0.15) is 0 Å². The van der Waals surface area contributed by atoms with E-state index in [0.29, 0.717) is 6.04 Å². The Labute approximate surface area is 96.4 Å². The summed E-state index contributed by atoms with van der Waals surface area (Å²) >= 11 is 0. The molecule has 0 aliphatic carbocycles. The van der Waals surface area contributed by atoms with Crippen LogP contribution in [0.4, 0.5) is 0 Å². The van der Waals surface area contributed by atoms with Gasteiger partial charge >= 0.3 is 0 Å². The minimum absolute atomic E-state index is 0.507. The lowest BCUT2D eigenvalue weighted by atomic mass is 9.93. The fourth-order valence-electron chi connectivity index (χ4n) is 2.06. The maximum Gasteiger partial charge on any atom is 0.141 e. The highest BCUT2D eigenvalue weighted by atomic mass is 16.5. The third kappa shape index (κ3) is 3.25. The van der Waals surface area contributed by atoms with Gasteiger partial charge in [-0.15, -0.1) is 0 Å². The van der Waals surface area contributed by atoms with Crippen molar-refractivity contribution in [1.82, 2.24) is 15.3 Å². The van der Waals surface area contributed by atoms with Gasteiger partial charge in [0.15, 0.2) is 0 Å². The molecule has 1 fully saturated rings. The number of hydrogen-bond donors (Lipinski definition) is 1. The summed E-state index contributed by atoms with van der Waals surface area (Å²) in [7, 11) is 0. The number of aromatic nitrogens is 2. The molecule has 0 bridgehead atoms. The van der Waals surface area contributed by atoms with Gasteiger partial charge in [-0.05, 0) is 31.7 Å². The molecule has 2 rings (SSSR count). The van der Waals surface area contributed by atoms with Crippen molar-refractivity contribution in [3.8, 4) is 0 Å². The van der Waals surface area contributed by atoms with Gasteiger partial charge in [0.05, 0.1) is 6.54 Å². The van der Waals surface area contributed by atoms with Crippen molar-refractivity contribution in [3.63, 3.8) is 0 Å². The van der Waals surface area contributed by atoms with Gasteiger partial charge in [-0.3, -0.25) is 0 Å². The van der Waals surface area contributed by atoms with Gasteiger partial charge in [0, 0.05) is 31.6 Å². The zero-order valence-corrected chi connectivity index (χ0v) is 9.72. The number of hydrogen-bond acceptors (Lipinski definition) is 4. The first-order valence-electron chi connectivity index (χ1n) is 5.93. The molecule has 1 aromatic heterocycles. The Hall–Kier alpha value is -1.00. The molecule has 1 aliphatic rings. The average molecular weight is 221 g/mol. The van der Waals surface area contributed by atoms with E-state index in [0.717, 1.165) is 44.3 Å². The van der Waals surface area contributed by atoms with Crippen molar-refractivity contribution in [1.29, 1.82) is 0 Å². The number of ether oxygens (including phenoxy) is 1. The molecule has 4 nitrogen and oxygen atoms in total. The van der Waals surface area contributed by atoms with Gasteiger partial charge in [0.1, 0.15) is 5.82 Å². The highest BCUT2D eigenvalue weighted by Gasteiger charge is 2.19. The van der Waals surface area contributed by atoms with E-state index in [1.54, 1.807) is 12.4 Å². The predicted molar refractivity (Wildman–Crippen MR) is 61.9 cm³/mol. The molecule has 0 aromatic carbocycles. The molecular weight excluding hydrogens is 202 g/mol. The van der Waals surface area contributed by atoms with Gasteiger partial charge in [0.2, 0.25) is 0 Å². The number of nitrogens with one attached hydrogen (secondary N) is 1. The van der Waals surface area contributed by atoms with Crippen LogP contribution in [-0.4, -0.2) is 29.2 Å². The monoisotopic (exact) mass is 221 g/mol. The van der Waals surface area contributed by atoms with E-state index in [1.807, 2.05) is 6.07 Å². The lowest BCUT2D eigenvalue weighted by molar-refractivity contribution is 0.0557. The van der Waals surface area contributed by atoms with Gasteiger partial charge < -0.3 is 10.1 Å². The molecule has 0 saturated carbocycles. The topological polar surface area (TPSA) is 47.0 Å². The molecule has 0 amide bonds. The third-order valence-corrected chi connectivity index (χ3v) is 3.17. The lowest BCUT2D eigenvalue weighted by Crippen LogP contribution is -2.36. The van der Waals surface area contributed by atoms with Gasteiger partial charge in [0.25, 0.3) is 0 Å². The minimum atomic E-state index is 0.507. The Morgan fingerprint density at radius 3 is 2.75 bits per heavy atom. The maximum absolute atomic E-state index is 5.36. The normalized spacial score (nSPS) is 19.6. The van der Waals surface area contributed by atoms with Gasteiger partial charge in [-0.25, -0.2) is 9.97 Å².